The largest absolute Gasteiger partial charge is 0.373 e. The fourth-order valence-corrected chi connectivity index (χ4v) is 2.90. The molecule has 0 unspecified atom stereocenters. The van der Waals surface area contributed by atoms with E-state index in [9.17, 15) is 4.79 Å². The fourth-order valence-electron chi connectivity index (χ4n) is 1.82. The van der Waals surface area contributed by atoms with Gasteiger partial charge in [0, 0.05) is 29.7 Å². The molecule has 0 atom stereocenters. The lowest BCUT2D eigenvalue weighted by Crippen LogP contribution is -2.25. The molecule has 2 rings (SSSR count). The van der Waals surface area contributed by atoms with Gasteiger partial charge in [0.2, 0.25) is 0 Å². The molecular weight excluding hydrogens is 294 g/mol. The third kappa shape index (κ3) is 3.95. The van der Waals surface area contributed by atoms with Crippen LogP contribution >= 0.6 is 22.9 Å². The molecule has 0 aliphatic rings. The Balaban J connectivity index is 1.93. The number of aryl methyl sites for hydroxylation is 1. The topological polar surface area (TPSA) is 54.0 Å². The highest BCUT2D eigenvalue weighted by Crippen LogP contribution is 2.21. The summed E-state index contributed by atoms with van der Waals surface area (Å²) in [4.78, 5) is 17.5. The van der Waals surface area contributed by atoms with Gasteiger partial charge in [-0.05, 0) is 37.6 Å². The molecule has 2 heterocycles. The van der Waals surface area contributed by atoms with Crippen molar-refractivity contribution in [2.45, 2.75) is 13.3 Å². The zero-order valence-corrected chi connectivity index (χ0v) is 12.9. The maximum Gasteiger partial charge on any atom is 0.251 e. The van der Waals surface area contributed by atoms with Crippen LogP contribution in [0.3, 0.4) is 0 Å². The summed E-state index contributed by atoms with van der Waals surface area (Å²) in [6, 6.07) is 7.37. The molecule has 0 bridgehead atoms. The SMILES string of the molecule is CNc1cc(C(=O)NCCc2ccc(Cl)s2)cc(C)n1. The van der Waals surface area contributed by atoms with Crippen molar-refractivity contribution in [3.63, 3.8) is 0 Å². The lowest BCUT2D eigenvalue weighted by atomic mass is 10.2. The first kappa shape index (κ1) is 14.8. The van der Waals surface area contributed by atoms with Crippen LogP contribution in [0, 0.1) is 6.92 Å². The summed E-state index contributed by atoms with van der Waals surface area (Å²) in [6.07, 6.45) is 0.784. The molecule has 20 heavy (non-hydrogen) atoms. The van der Waals surface area contributed by atoms with Crippen LogP contribution < -0.4 is 10.6 Å². The molecule has 0 spiro atoms. The molecule has 6 heteroatoms. The van der Waals surface area contributed by atoms with Crippen molar-refractivity contribution >= 4 is 34.7 Å². The number of nitrogens with zero attached hydrogens (tertiary/aromatic N) is 1. The predicted molar refractivity (Wildman–Crippen MR) is 83.9 cm³/mol. The van der Waals surface area contributed by atoms with E-state index < -0.39 is 0 Å². The normalized spacial score (nSPS) is 10.3. The Morgan fingerprint density at radius 2 is 2.20 bits per heavy atom. The Morgan fingerprint density at radius 3 is 2.85 bits per heavy atom. The van der Waals surface area contributed by atoms with Crippen LogP contribution in [0.15, 0.2) is 24.3 Å². The third-order valence-electron chi connectivity index (χ3n) is 2.76. The van der Waals surface area contributed by atoms with Gasteiger partial charge in [-0.3, -0.25) is 4.79 Å². The fraction of sp³-hybridized carbons (Fsp3) is 0.286. The van der Waals surface area contributed by atoms with Crippen LogP contribution in [0.2, 0.25) is 4.34 Å². The summed E-state index contributed by atoms with van der Waals surface area (Å²) in [7, 11) is 1.78. The van der Waals surface area contributed by atoms with Crippen molar-refractivity contribution in [3.05, 3.63) is 44.7 Å². The molecule has 0 aliphatic carbocycles. The number of hydrogen-bond acceptors (Lipinski definition) is 4. The first-order valence-electron chi connectivity index (χ1n) is 6.27. The number of pyridine rings is 1. The van der Waals surface area contributed by atoms with Crippen LogP contribution in [0.1, 0.15) is 20.9 Å². The highest BCUT2D eigenvalue weighted by Gasteiger charge is 2.08. The van der Waals surface area contributed by atoms with Gasteiger partial charge < -0.3 is 10.6 Å². The summed E-state index contributed by atoms with van der Waals surface area (Å²) < 4.78 is 0.773. The van der Waals surface area contributed by atoms with E-state index in [1.54, 1.807) is 19.2 Å². The molecule has 1 amide bonds. The van der Waals surface area contributed by atoms with Gasteiger partial charge >= 0.3 is 0 Å². The van der Waals surface area contributed by atoms with Crippen molar-refractivity contribution in [1.29, 1.82) is 0 Å². The minimum absolute atomic E-state index is 0.0883. The van der Waals surface area contributed by atoms with E-state index >= 15 is 0 Å². The van der Waals surface area contributed by atoms with Gasteiger partial charge in [0.15, 0.2) is 0 Å². The maximum atomic E-state index is 12.1. The van der Waals surface area contributed by atoms with Gasteiger partial charge in [-0.1, -0.05) is 11.6 Å². The zero-order valence-electron chi connectivity index (χ0n) is 11.4. The van der Waals surface area contributed by atoms with Gasteiger partial charge in [-0.25, -0.2) is 4.98 Å². The minimum Gasteiger partial charge on any atom is -0.373 e. The van der Waals surface area contributed by atoms with E-state index in [1.165, 1.54) is 11.3 Å². The van der Waals surface area contributed by atoms with Crippen molar-refractivity contribution in [2.75, 3.05) is 18.9 Å². The number of nitrogens with one attached hydrogen (secondary N) is 2. The molecule has 0 aliphatic heterocycles. The Kier molecular flexibility index (Phi) is 4.98. The highest BCUT2D eigenvalue weighted by atomic mass is 35.5. The monoisotopic (exact) mass is 309 g/mol. The predicted octanol–water partition coefficient (Wildman–Crippen LogP) is 3.12. The molecule has 2 aromatic rings. The molecule has 0 saturated heterocycles. The summed E-state index contributed by atoms with van der Waals surface area (Å²) >= 11 is 7.40. The van der Waals surface area contributed by atoms with Crippen molar-refractivity contribution < 1.29 is 4.79 Å². The van der Waals surface area contributed by atoms with E-state index in [-0.39, 0.29) is 5.91 Å². The Hall–Kier alpha value is -1.59. The molecule has 0 aromatic carbocycles. The maximum absolute atomic E-state index is 12.1. The average molecular weight is 310 g/mol. The molecule has 2 aromatic heterocycles. The zero-order chi connectivity index (χ0) is 14.5. The number of carbonyl (C=O) groups excluding carboxylic acids is 1. The van der Waals surface area contributed by atoms with Crippen molar-refractivity contribution in [1.82, 2.24) is 10.3 Å². The molecule has 106 valence electrons. The molecule has 0 radical (unpaired) electrons. The molecular formula is C14H16ClN3OS. The van der Waals surface area contributed by atoms with E-state index in [1.807, 2.05) is 19.1 Å². The lowest BCUT2D eigenvalue weighted by Gasteiger charge is -2.07. The number of amides is 1. The number of aromatic nitrogens is 1. The van der Waals surface area contributed by atoms with E-state index in [4.69, 9.17) is 11.6 Å². The smallest absolute Gasteiger partial charge is 0.251 e. The van der Waals surface area contributed by atoms with Gasteiger partial charge in [0.1, 0.15) is 5.82 Å². The molecule has 0 saturated carbocycles. The van der Waals surface area contributed by atoms with Crippen LogP contribution in [-0.4, -0.2) is 24.5 Å². The van der Waals surface area contributed by atoms with Crippen molar-refractivity contribution in [3.8, 4) is 0 Å². The van der Waals surface area contributed by atoms with Gasteiger partial charge in [0.25, 0.3) is 5.91 Å². The highest BCUT2D eigenvalue weighted by molar-refractivity contribution is 7.16. The number of rotatable bonds is 5. The van der Waals surface area contributed by atoms with Crippen LogP contribution in [0.4, 0.5) is 5.82 Å². The Labute approximate surface area is 127 Å². The standard InChI is InChI=1S/C14H16ClN3OS/c1-9-7-10(8-13(16-2)18-9)14(19)17-6-5-11-3-4-12(15)20-11/h3-4,7-8H,5-6H2,1-2H3,(H,16,18)(H,17,19). The summed E-state index contributed by atoms with van der Waals surface area (Å²) in [5, 5.41) is 5.85. The molecule has 0 fully saturated rings. The van der Waals surface area contributed by atoms with Crippen LogP contribution in [0.25, 0.3) is 0 Å². The van der Waals surface area contributed by atoms with Crippen LogP contribution in [-0.2, 0) is 6.42 Å². The third-order valence-corrected chi connectivity index (χ3v) is 4.05. The van der Waals surface area contributed by atoms with Crippen molar-refractivity contribution in [2.24, 2.45) is 0 Å². The second kappa shape index (κ2) is 6.72. The first-order chi connectivity index (χ1) is 9.58. The number of thiophene rings is 1. The average Bonchev–Trinajstić information content (AvgIpc) is 2.83. The number of halogens is 1. The second-order valence-electron chi connectivity index (χ2n) is 4.34. The lowest BCUT2D eigenvalue weighted by molar-refractivity contribution is 0.0954. The van der Waals surface area contributed by atoms with Crippen LogP contribution in [0.5, 0.6) is 0 Å². The second-order valence-corrected chi connectivity index (χ2v) is 6.14. The van der Waals surface area contributed by atoms with Gasteiger partial charge in [-0.15, -0.1) is 11.3 Å². The molecule has 4 nitrogen and oxygen atoms in total. The van der Waals surface area contributed by atoms with Gasteiger partial charge in [-0.2, -0.15) is 0 Å². The Morgan fingerprint density at radius 1 is 1.40 bits per heavy atom. The van der Waals surface area contributed by atoms with E-state index in [0.29, 0.717) is 17.9 Å². The van der Waals surface area contributed by atoms with Gasteiger partial charge in [0.05, 0.1) is 4.34 Å². The number of anilines is 1. The number of hydrogen-bond donors (Lipinski definition) is 2. The Bertz CT molecular complexity index is 612. The summed E-state index contributed by atoms with van der Waals surface area (Å²) in [6.45, 7) is 2.46. The van der Waals surface area contributed by atoms with E-state index in [2.05, 4.69) is 15.6 Å². The first-order valence-corrected chi connectivity index (χ1v) is 7.47. The summed E-state index contributed by atoms with van der Waals surface area (Å²) in [5.41, 5.74) is 1.43. The van der Waals surface area contributed by atoms with E-state index in [0.717, 1.165) is 21.3 Å². The minimum atomic E-state index is -0.0883. The molecule has 2 N–H and O–H groups in total. The summed E-state index contributed by atoms with van der Waals surface area (Å²) in [5.74, 6) is 0.606. The quantitative estimate of drug-likeness (QED) is 0.892. The number of carbonyl (C=O) groups is 1.